The zero-order valence-corrected chi connectivity index (χ0v) is 8.08. The van der Waals surface area contributed by atoms with Crippen LogP contribution in [0.4, 0.5) is 0 Å². The summed E-state index contributed by atoms with van der Waals surface area (Å²) in [5, 5.41) is 4.40. The van der Waals surface area contributed by atoms with Crippen molar-refractivity contribution >= 4 is 5.78 Å². The van der Waals surface area contributed by atoms with Crippen LogP contribution in [-0.2, 0) is 6.54 Å². The van der Waals surface area contributed by atoms with Gasteiger partial charge in [-0.3, -0.25) is 9.48 Å². The molecule has 70 valence electrons. The lowest BCUT2D eigenvalue weighted by Crippen LogP contribution is -2.16. The lowest BCUT2D eigenvalue weighted by Gasteiger charge is -2.10. The molecule has 0 aromatic carbocycles. The van der Waals surface area contributed by atoms with Gasteiger partial charge in [0.05, 0.1) is 5.69 Å². The molecule has 0 saturated carbocycles. The minimum atomic E-state index is 0.241. The summed E-state index contributed by atoms with van der Waals surface area (Å²) in [6.45, 7) is 5.09. The Labute approximate surface area is 77.7 Å². The van der Waals surface area contributed by atoms with Crippen molar-refractivity contribution in [2.45, 2.75) is 39.2 Å². The first-order valence-electron chi connectivity index (χ1n) is 4.79. The van der Waals surface area contributed by atoms with Crippen LogP contribution in [0.15, 0.2) is 6.07 Å². The number of hydrogen-bond donors (Lipinski definition) is 0. The predicted molar refractivity (Wildman–Crippen MR) is 49.9 cm³/mol. The summed E-state index contributed by atoms with van der Waals surface area (Å²) in [5.74, 6) is 0.650. The summed E-state index contributed by atoms with van der Waals surface area (Å²) >= 11 is 0. The molecule has 13 heavy (non-hydrogen) atoms. The minimum Gasteiger partial charge on any atom is -0.292 e. The van der Waals surface area contributed by atoms with Gasteiger partial charge in [0.25, 0.3) is 0 Å². The number of aromatic nitrogens is 2. The lowest BCUT2D eigenvalue weighted by atomic mass is 10.1. The zero-order valence-electron chi connectivity index (χ0n) is 8.08. The molecule has 1 aliphatic heterocycles. The van der Waals surface area contributed by atoms with Crippen LogP contribution in [0.25, 0.3) is 0 Å². The molecule has 0 amide bonds. The summed E-state index contributed by atoms with van der Waals surface area (Å²) in [4.78, 5) is 11.5. The van der Waals surface area contributed by atoms with Gasteiger partial charge in [-0.15, -0.1) is 0 Å². The van der Waals surface area contributed by atoms with Crippen LogP contribution in [0.2, 0.25) is 0 Å². The maximum absolute atomic E-state index is 11.5. The molecule has 1 aromatic heterocycles. The van der Waals surface area contributed by atoms with Gasteiger partial charge in [-0.05, 0) is 18.4 Å². The zero-order chi connectivity index (χ0) is 9.42. The van der Waals surface area contributed by atoms with Crippen LogP contribution >= 0.6 is 0 Å². The van der Waals surface area contributed by atoms with Crippen molar-refractivity contribution in [3.8, 4) is 0 Å². The number of ketones is 1. The Kier molecular flexibility index (Phi) is 1.94. The van der Waals surface area contributed by atoms with E-state index in [0.29, 0.717) is 12.3 Å². The second kappa shape index (κ2) is 2.98. The summed E-state index contributed by atoms with van der Waals surface area (Å²) in [6, 6.07) is 1.94. The van der Waals surface area contributed by atoms with Gasteiger partial charge >= 0.3 is 0 Å². The summed E-state index contributed by atoms with van der Waals surface area (Å²) < 4.78 is 1.85. The molecule has 0 N–H and O–H groups in total. The smallest absolute Gasteiger partial charge is 0.180 e. The molecule has 3 nitrogen and oxygen atoms in total. The normalized spacial score (nSPS) is 16.4. The number of rotatable bonds is 1. The van der Waals surface area contributed by atoms with Crippen LogP contribution in [0.5, 0.6) is 0 Å². The molecule has 0 aliphatic carbocycles. The number of hydrogen-bond acceptors (Lipinski definition) is 2. The quantitative estimate of drug-likeness (QED) is 0.659. The Hall–Kier alpha value is -1.12. The van der Waals surface area contributed by atoms with E-state index in [0.717, 1.165) is 24.4 Å². The molecule has 1 aliphatic rings. The molecule has 0 atom stereocenters. The summed E-state index contributed by atoms with van der Waals surface area (Å²) in [7, 11) is 0. The van der Waals surface area contributed by atoms with E-state index in [9.17, 15) is 4.79 Å². The number of aryl methyl sites for hydroxylation is 1. The molecule has 2 heterocycles. The van der Waals surface area contributed by atoms with Crippen LogP contribution in [-0.4, -0.2) is 15.6 Å². The van der Waals surface area contributed by atoms with Crippen molar-refractivity contribution in [2.75, 3.05) is 0 Å². The first kappa shape index (κ1) is 8.48. The van der Waals surface area contributed by atoms with E-state index in [-0.39, 0.29) is 5.78 Å². The number of carbonyl (C=O) groups excluding carboxylic acids is 1. The Morgan fingerprint density at radius 1 is 1.54 bits per heavy atom. The molecule has 3 heteroatoms. The molecule has 2 rings (SSSR count). The predicted octanol–water partition coefficient (Wildman–Crippen LogP) is 1.98. The van der Waals surface area contributed by atoms with Gasteiger partial charge in [0.1, 0.15) is 5.69 Å². The van der Waals surface area contributed by atoms with E-state index in [2.05, 4.69) is 18.9 Å². The van der Waals surface area contributed by atoms with E-state index < -0.39 is 0 Å². The Morgan fingerprint density at radius 3 is 2.92 bits per heavy atom. The van der Waals surface area contributed by atoms with Crippen LogP contribution in [0.1, 0.15) is 48.8 Å². The number of fused-ring (bicyclic) bond motifs is 1. The standard InChI is InChI=1S/C10H14N2O/c1-7(2)8-6-9-10(13)4-3-5-12(9)11-8/h6-7H,3-5H2,1-2H3. The van der Waals surface area contributed by atoms with Gasteiger partial charge in [-0.2, -0.15) is 5.10 Å². The highest BCUT2D eigenvalue weighted by molar-refractivity contribution is 5.95. The lowest BCUT2D eigenvalue weighted by molar-refractivity contribution is 0.0951. The SMILES string of the molecule is CC(C)c1cc2n(n1)CCCC2=O. The average Bonchev–Trinajstić information content (AvgIpc) is 2.49. The molecule has 0 fully saturated rings. The van der Waals surface area contributed by atoms with E-state index in [4.69, 9.17) is 0 Å². The van der Waals surface area contributed by atoms with Crippen molar-refractivity contribution in [1.82, 2.24) is 9.78 Å². The first-order chi connectivity index (χ1) is 6.18. The van der Waals surface area contributed by atoms with Crippen molar-refractivity contribution in [2.24, 2.45) is 0 Å². The van der Waals surface area contributed by atoms with Gasteiger partial charge in [-0.1, -0.05) is 13.8 Å². The first-order valence-corrected chi connectivity index (χ1v) is 4.79. The summed E-state index contributed by atoms with van der Waals surface area (Å²) in [6.07, 6.45) is 1.62. The Balaban J connectivity index is 2.42. The fourth-order valence-electron chi connectivity index (χ4n) is 1.63. The molecule has 0 radical (unpaired) electrons. The molecule has 0 spiro atoms. The Morgan fingerprint density at radius 2 is 2.31 bits per heavy atom. The van der Waals surface area contributed by atoms with Gasteiger partial charge < -0.3 is 0 Å². The van der Waals surface area contributed by atoms with Crippen molar-refractivity contribution in [1.29, 1.82) is 0 Å². The van der Waals surface area contributed by atoms with E-state index in [1.165, 1.54) is 0 Å². The van der Waals surface area contributed by atoms with Crippen molar-refractivity contribution < 1.29 is 4.79 Å². The third-order valence-electron chi connectivity index (χ3n) is 2.45. The highest BCUT2D eigenvalue weighted by Gasteiger charge is 2.20. The fourth-order valence-corrected chi connectivity index (χ4v) is 1.63. The topological polar surface area (TPSA) is 34.9 Å². The molecule has 0 saturated heterocycles. The molecular weight excluding hydrogens is 164 g/mol. The molecule has 0 unspecified atom stereocenters. The van der Waals surface area contributed by atoms with Crippen molar-refractivity contribution in [3.63, 3.8) is 0 Å². The highest BCUT2D eigenvalue weighted by Crippen LogP contribution is 2.19. The van der Waals surface area contributed by atoms with Crippen molar-refractivity contribution in [3.05, 3.63) is 17.5 Å². The maximum Gasteiger partial charge on any atom is 0.180 e. The van der Waals surface area contributed by atoms with Gasteiger partial charge in [0.15, 0.2) is 5.78 Å². The highest BCUT2D eigenvalue weighted by atomic mass is 16.1. The number of carbonyl (C=O) groups is 1. The third-order valence-corrected chi connectivity index (χ3v) is 2.45. The second-order valence-corrected chi connectivity index (χ2v) is 3.86. The Bertz CT molecular complexity index is 339. The van der Waals surface area contributed by atoms with Gasteiger partial charge in [0.2, 0.25) is 0 Å². The van der Waals surface area contributed by atoms with Crippen LogP contribution in [0.3, 0.4) is 0 Å². The maximum atomic E-state index is 11.5. The van der Waals surface area contributed by atoms with Gasteiger partial charge in [-0.25, -0.2) is 0 Å². The fraction of sp³-hybridized carbons (Fsp3) is 0.600. The van der Waals surface area contributed by atoms with Crippen LogP contribution in [0, 0.1) is 0 Å². The third kappa shape index (κ3) is 1.39. The van der Waals surface area contributed by atoms with E-state index in [1.807, 2.05) is 10.7 Å². The number of nitrogens with zero attached hydrogens (tertiary/aromatic N) is 2. The molecular formula is C10H14N2O. The monoisotopic (exact) mass is 178 g/mol. The van der Waals surface area contributed by atoms with E-state index in [1.54, 1.807) is 0 Å². The second-order valence-electron chi connectivity index (χ2n) is 3.86. The molecule has 1 aromatic rings. The average molecular weight is 178 g/mol. The summed E-state index contributed by atoms with van der Waals surface area (Å²) in [5.41, 5.74) is 1.83. The van der Waals surface area contributed by atoms with Gasteiger partial charge in [0, 0.05) is 13.0 Å². The number of Topliss-reactive ketones (excluding diaryl/α,β-unsaturated/α-hetero) is 1. The van der Waals surface area contributed by atoms with Crippen LogP contribution < -0.4 is 0 Å². The largest absolute Gasteiger partial charge is 0.292 e. The minimum absolute atomic E-state index is 0.241. The molecule has 0 bridgehead atoms. The van der Waals surface area contributed by atoms with E-state index >= 15 is 0 Å².